The van der Waals surface area contributed by atoms with Crippen LogP contribution in [0.15, 0.2) is 51.8 Å². The average Bonchev–Trinajstić information content (AvgIpc) is 2.61. The number of aromatic nitrogens is 1. The summed E-state index contributed by atoms with van der Waals surface area (Å²) in [5.41, 5.74) is 3.57. The Morgan fingerprint density at radius 2 is 2.07 bits per heavy atom. The number of ether oxygens (including phenoxy) is 1. The molecule has 3 aromatic rings. The van der Waals surface area contributed by atoms with Crippen molar-refractivity contribution in [3.05, 3.63) is 75.4 Å². The molecule has 0 saturated carbocycles. The lowest BCUT2D eigenvalue weighted by Gasteiger charge is -2.09. The Bertz CT molecular complexity index is 1140. The average molecular weight is 424 g/mol. The Hall–Kier alpha value is -2.68. The molecule has 0 radical (unpaired) electrons. The first-order valence-electron chi connectivity index (χ1n) is 8.51. The summed E-state index contributed by atoms with van der Waals surface area (Å²) >= 11 is 0. The van der Waals surface area contributed by atoms with E-state index >= 15 is 0 Å². The monoisotopic (exact) mass is 423 g/mol. The van der Waals surface area contributed by atoms with Crippen LogP contribution in [-0.4, -0.2) is 6.61 Å². The first-order valence-corrected chi connectivity index (χ1v) is 8.51. The Kier molecular flexibility index (Phi) is 5.90. The number of hydrogen-bond acceptors (Lipinski definition) is 3. The molecular formula is C22H18BrNO3. The van der Waals surface area contributed by atoms with Crippen LogP contribution in [0.2, 0.25) is 0 Å². The van der Waals surface area contributed by atoms with E-state index < -0.39 is 0 Å². The van der Waals surface area contributed by atoms with Gasteiger partial charge in [0, 0.05) is 35.6 Å². The molecule has 2 aromatic heterocycles. The lowest BCUT2D eigenvalue weighted by molar-refractivity contribution is -0.673. The predicted octanol–water partition coefficient (Wildman–Crippen LogP) is 0.0637. The topological polar surface area (TPSA) is 43.3 Å². The highest BCUT2D eigenvalue weighted by Gasteiger charge is 2.10. The molecular weight excluding hydrogens is 406 g/mol. The molecule has 0 fully saturated rings. The number of nitrogens with zero attached hydrogens (tertiary/aromatic N) is 1. The summed E-state index contributed by atoms with van der Waals surface area (Å²) in [4.78, 5) is 12.3. The molecule has 27 heavy (non-hydrogen) atoms. The first-order chi connectivity index (χ1) is 12.7. The van der Waals surface area contributed by atoms with E-state index in [0.29, 0.717) is 30.8 Å². The van der Waals surface area contributed by atoms with Gasteiger partial charge in [-0.1, -0.05) is 11.8 Å². The van der Waals surface area contributed by atoms with Crippen molar-refractivity contribution in [2.75, 3.05) is 6.61 Å². The molecule has 0 bridgehead atoms. The van der Waals surface area contributed by atoms with Crippen molar-refractivity contribution in [2.45, 2.75) is 13.0 Å². The van der Waals surface area contributed by atoms with Gasteiger partial charge >= 0.3 is 5.63 Å². The summed E-state index contributed by atoms with van der Waals surface area (Å²) in [7, 11) is 1.96. The molecule has 1 aliphatic heterocycles. The molecule has 0 unspecified atom stereocenters. The van der Waals surface area contributed by atoms with Crippen LogP contribution in [0.3, 0.4) is 0 Å². The molecule has 0 saturated heterocycles. The van der Waals surface area contributed by atoms with Gasteiger partial charge in [0.2, 0.25) is 5.69 Å². The molecule has 0 N–H and O–H groups in total. The van der Waals surface area contributed by atoms with Gasteiger partial charge in [-0.3, -0.25) is 0 Å². The molecule has 0 spiro atoms. The third kappa shape index (κ3) is 4.19. The van der Waals surface area contributed by atoms with Crippen molar-refractivity contribution >= 4 is 23.1 Å². The highest BCUT2D eigenvalue weighted by Crippen LogP contribution is 2.22. The zero-order chi connectivity index (χ0) is 17.9. The van der Waals surface area contributed by atoms with E-state index in [2.05, 4.69) is 11.8 Å². The van der Waals surface area contributed by atoms with Crippen molar-refractivity contribution in [1.29, 1.82) is 0 Å². The number of hydrogen-bond donors (Lipinski definition) is 0. The van der Waals surface area contributed by atoms with E-state index in [-0.39, 0.29) is 22.6 Å². The quantitative estimate of drug-likeness (QED) is 0.332. The largest absolute Gasteiger partial charge is 1.00 e. The van der Waals surface area contributed by atoms with Crippen molar-refractivity contribution in [3.63, 3.8) is 0 Å². The molecule has 0 amide bonds. The number of benzene rings is 1. The molecule has 3 heterocycles. The summed E-state index contributed by atoms with van der Waals surface area (Å²) in [6, 6.07) is 11.6. The normalized spacial score (nSPS) is 13.2. The standard InChI is InChI=1S/C22H18NO3.BrH/c1-23-10-4-2-7-20(23)9-8-17-12-18-13-19-15-25-11-5-3-6-16(19)14-21(18)26-22(17)24;/h2,4,7-10,12-14H,5,11,15H2,1H3;1H/q+1;/p-1/b9-8+;. The molecule has 1 aliphatic rings. The summed E-state index contributed by atoms with van der Waals surface area (Å²) < 4.78 is 13.1. The SMILES string of the molecule is C[n+]1ccccc1/C=C/c1cc2cc3c(cc2oc1=O)C#CCCOC3.[Br-]. The van der Waals surface area contributed by atoms with E-state index in [4.69, 9.17) is 9.15 Å². The van der Waals surface area contributed by atoms with Crippen molar-refractivity contribution < 1.29 is 30.7 Å². The summed E-state index contributed by atoms with van der Waals surface area (Å²) in [5, 5.41) is 0.867. The van der Waals surface area contributed by atoms with Gasteiger partial charge in [0.05, 0.1) is 18.8 Å². The minimum absolute atomic E-state index is 0. The lowest BCUT2D eigenvalue weighted by atomic mass is 10.0. The lowest BCUT2D eigenvalue weighted by Crippen LogP contribution is -3.00. The van der Waals surface area contributed by atoms with Crippen LogP contribution in [-0.2, 0) is 18.4 Å². The second kappa shape index (κ2) is 8.34. The van der Waals surface area contributed by atoms with Crippen molar-refractivity contribution in [3.8, 4) is 11.8 Å². The molecule has 5 heteroatoms. The van der Waals surface area contributed by atoms with Gasteiger partial charge in [-0.15, -0.1) is 0 Å². The van der Waals surface area contributed by atoms with Gasteiger partial charge in [-0.25, -0.2) is 9.36 Å². The van der Waals surface area contributed by atoms with Crippen LogP contribution >= 0.6 is 0 Å². The fourth-order valence-electron chi connectivity index (χ4n) is 2.93. The minimum Gasteiger partial charge on any atom is -1.00 e. The molecule has 0 aliphatic carbocycles. The van der Waals surface area contributed by atoms with Gasteiger partial charge in [-0.05, 0) is 35.9 Å². The van der Waals surface area contributed by atoms with E-state index in [1.165, 1.54) is 0 Å². The highest BCUT2D eigenvalue weighted by molar-refractivity contribution is 5.82. The Morgan fingerprint density at radius 3 is 2.93 bits per heavy atom. The van der Waals surface area contributed by atoms with E-state index in [1.807, 2.05) is 60.3 Å². The molecule has 0 atom stereocenters. The minimum atomic E-state index is -0.359. The van der Waals surface area contributed by atoms with Gasteiger partial charge in [0.1, 0.15) is 12.6 Å². The second-order valence-electron chi connectivity index (χ2n) is 6.21. The molecule has 4 nitrogen and oxygen atoms in total. The Balaban J connectivity index is 0.00000210. The van der Waals surface area contributed by atoms with E-state index in [9.17, 15) is 4.79 Å². The maximum absolute atomic E-state index is 12.3. The number of pyridine rings is 1. The van der Waals surface area contributed by atoms with Crippen LogP contribution < -0.4 is 27.2 Å². The van der Waals surface area contributed by atoms with E-state index in [1.54, 1.807) is 6.08 Å². The third-order valence-corrected chi connectivity index (χ3v) is 4.37. The second-order valence-corrected chi connectivity index (χ2v) is 6.21. The Labute approximate surface area is 167 Å². The smallest absolute Gasteiger partial charge is 0.343 e. The van der Waals surface area contributed by atoms with Gasteiger partial charge in [-0.2, -0.15) is 0 Å². The fraction of sp³-hybridized carbons (Fsp3) is 0.182. The summed E-state index contributed by atoms with van der Waals surface area (Å²) in [6.45, 7) is 1.15. The third-order valence-electron chi connectivity index (χ3n) is 4.37. The van der Waals surface area contributed by atoms with Crippen LogP contribution in [0.5, 0.6) is 0 Å². The molecule has 4 rings (SSSR count). The van der Waals surface area contributed by atoms with Crippen LogP contribution in [0.1, 0.15) is 28.8 Å². The van der Waals surface area contributed by atoms with Crippen molar-refractivity contribution in [1.82, 2.24) is 0 Å². The van der Waals surface area contributed by atoms with Gasteiger partial charge in [0.25, 0.3) is 0 Å². The van der Waals surface area contributed by atoms with Crippen LogP contribution in [0.25, 0.3) is 23.1 Å². The van der Waals surface area contributed by atoms with Gasteiger partial charge in [0.15, 0.2) is 6.20 Å². The highest BCUT2D eigenvalue weighted by atomic mass is 79.9. The fourth-order valence-corrected chi connectivity index (χ4v) is 2.93. The summed E-state index contributed by atoms with van der Waals surface area (Å²) in [5.74, 6) is 6.21. The predicted molar refractivity (Wildman–Crippen MR) is 100 cm³/mol. The zero-order valence-corrected chi connectivity index (χ0v) is 16.5. The maximum Gasteiger partial charge on any atom is 0.343 e. The first kappa shape index (κ1) is 19.1. The van der Waals surface area contributed by atoms with Gasteiger partial charge < -0.3 is 26.1 Å². The Morgan fingerprint density at radius 1 is 1.19 bits per heavy atom. The van der Waals surface area contributed by atoms with E-state index in [0.717, 1.165) is 22.2 Å². The van der Waals surface area contributed by atoms with Crippen LogP contribution in [0.4, 0.5) is 0 Å². The molecule has 136 valence electrons. The number of aryl methyl sites for hydroxylation is 1. The maximum atomic E-state index is 12.3. The number of fused-ring (bicyclic) bond motifs is 2. The number of halogens is 1. The van der Waals surface area contributed by atoms with Crippen molar-refractivity contribution in [2.24, 2.45) is 7.05 Å². The number of rotatable bonds is 2. The summed E-state index contributed by atoms with van der Waals surface area (Å²) in [6.07, 6.45) is 6.36. The van der Waals surface area contributed by atoms with Crippen LogP contribution in [0, 0.1) is 11.8 Å². The zero-order valence-electron chi connectivity index (χ0n) is 14.9. The molecule has 1 aromatic carbocycles.